The Morgan fingerprint density at radius 2 is 2.00 bits per heavy atom. The van der Waals surface area contributed by atoms with Crippen LogP contribution >= 0.6 is 27.7 Å². The van der Waals surface area contributed by atoms with Gasteiger partial charge in [-0.05, 0) is 61.5 Å². The molecular weight excluding hydrogens is 432 g/mol. The topological polar surface area (TPSA) is 68.6 Å². The van der Waals surface area contributed by atoms with E-state index in [1.807, 2.05) is 44.2 Å². The number of benzene rings is 1. The van der Waals surface area contributed by atoms with Crippen LogP contribution in [-0.2, 0) is 14.3 Å². The summed E-state index contributed by atoms with van der Waals surface area (Å²) in [5, 5.41) is -0.475. The lowest BCUT2D eigenvalue weighted by atomic mass is 10.2. The molecule has 140 valence electrons. The number of amides is 2. The van der Waals surface area contributed by atoms with Gasteiger partial charge in [-0.1, -0.05) is 22.0 Å². The van der Waals surface area contributed by atoms with Crippen molar-refractivity contribution in [2.45, 2.75) is 13.8 Å². The van der Waals surface area contributed by atoms with E-state index in [1.54, 1.807) is 6.08 Å². The van der Waals surface area contributed by atoms with Crippen molar-refractivity contribution < 1.29 is 19.1 Å². The fourth-order valence-electron chi connectivity index (χ4n) is 2.92. The first-order valence-electron chi connectivity index (χ1n) is 8.09. The summed E-state index contributed by atoms with van der Waals surface area (Å²) >= 11 is 4.30. The normalized spacial score (nSPS) is 15.7. The van der Waals surface area contributed by atoms with Crippen molar-refractivity contribution in [3.63, 3.8) is 0 Å². The highest BCUT2D eigenvalue weighted by Crippen LogP contribution is 2.33. The highest BCUT2D eigenvalue weighted by Gasteiger charge is 2.36. The van der Waals surface area contributed by atoms with E-state index in [9.17, 15) is 14.4 Å². The molecule has 0 bridgehead atoms. The average Bonchev–Trinajstić information content (AvgIpc) is 3.05. The van der Waals surface area contributed by atoms with Crippen molar-refractivity contribution >= 4 is 50.9 Å². The summed E-state index contributed by atoms with van der Waals surface area (Å²) in [6.07, 6.45) is 1.69. The summed E-state index contributed by atoms with van der Waals surface area (Å²) in [5.74, 6) is -1.12. The van der Waals surface area contributed by atoms with Crippen LogP contribution in [0.25, 0.3) is 11.8 Å². The third-order valence-electron chi connectivity index (χ3n) is 4.21. The molecule has 1 aliphatic heterocycles. The van der Waals surface area contributed by atoms with E-state index in [4.69, 9.17) is 0 Å². The summed E-state index contributed by atoms with van der Waals surface area (Å²) < 4.78 is 7.59. The molecule has 27 heavy (non-hydrogen) atoms. The number of carbonyl (C=O) groups is 3. The Kier molecular flexibility index (Phi) is 5.57. The van der Waals surface area contributed by atoms with Crippen molar-refractivity contribution in [1.29, 1.82) is 0 Å². The second-order valence-corrected chi connectivity index (χ2v) is 7.89. The quantitative estimate of drug-likeness (QED) is 0.520. The van der Waals surface area contributed by atoms with E-state index >= 15 is 0 Å². The largest absolute Gasteiger partial charge is 0.468 e. The number of thioether (sulfide) groups is 1. The van der Waals surface area contributed by atoms with Gasteiger partial charge in [0.2, 0.25) is 0 Å². The lowest BCUT2D eigenvalue weighted by Crippen LogP contribution is -2.34. The summed E-state index contributed by atoms with van der Waals surface area (Å²) in [4.78, 5) is 37.1. The van der Waals surface area contributed by atoms with Gasteiger partial charge in [-0.25, -0.2) is 0 Å². The van der Waals surface area contributed by atoms with Crippen LogP contribution in [0.4, 0.5) is 4.79 Å². The molecule has 0 unspecified atom stereocenters. The van der Waals surface area contributed by atoms with Gasteiger partial charge in [0, 0.05) is 21.5 Å². The first-order chi connectivity index (χ1) is 12.8. The molecule has 0 radical (unpaired) electrons. The Morgan fingerprint density at radius 1 is 1.26 bits per heavy atom. The molecule has 1 aliphatic rings. The van der Waals surface area contributed by atoms with E-state index in [1.165, 1.54) is 7.11 Å². The zero-order valence-electron chi connectivity index (χ0n) is 15.0. The molecule has 1 aromatic heterocycles. The molecule has 2 amide bonds. The standard InChI is InChI=1S/C19H17BrN2O4S/c1-11-7-13(12(2)22(11)15-6-4-5-14(20)9-15)8-16-18(24)21(19(25)27-16)10-17(23)26-3/h4-9H,10H2,1-3H3/b16-8-. The minimum atomic E-state index is -0.633. The molecule has 8 heteroatoms. The van der Waals surface area contributed by atoms with Crippen LogP contribution in [0.5, 0.6) is 0 Å². The number of esters is 1. The first-order valence-corrected chi connectivity index (χ1v) is 9.70. The minimum Gasteiger partial charge on any atom is -0.468 e. The van der Waals surface area contributed by atoms with Crippen LogP contribution in [0.2, 0.25) is 0 Å². The van der Waals surface area contributed by atoms with Crippen molar-refractivity contribution in [3.8, 4) is 5.69 Å². The molecule has 0 saturated carbocycles. The Bertz CT molecular complexity index is 980. The van der Waals surface area contributed by atoms with Crippen LogP contribution in [0.3, 0.4) is 0 Å². The number of aryl methyl sites for hydroxylation is 1. The predicted molar refractivity (Wildman–Crippen MR) is 108 cm³/mol. The predicted octanol–water partition coefficient (Wildman–Crippen LogP) is 4.07. The van der Waals surface area contributed by atoms with Gasteiger partial charge in [0.1, 0.15) is 6.54 Å². The molecule has 2 aromatic rings. The zero-order valence-corrected chi connectivity index (χ0v) is 17.4. The van der Waals surface area contributed by atoms with Gasteiger partial charge in [-0.3, -0.25) is 19.3 Å². The van der Waals surface area contributed by atoms with Crippen molar-refractivity contribution in [3.05, 3.63) is 56.7 Å². The van der Waals surface area contributed by atoms with Crippen molar-refractivity contribution in [2.75, 3.05) is 13.7 Å². The van der Waals surface area contributed by atoms with Gasteiger partial charge < -0.3 is 9.30 Å². The van der Waals surface area contributed by atoms with Gasteiger partial charge in [0.15, 0.2) is 0 Å². The average molecular weight is 449 g/mol. The lowest BCUT2D eigenvalue weighted by molar-refractivity contribution is -0.143. The van der Waals surface area contributed by atoms with Gasteiger partial charge in [0.25, 0.3) is 11.1 Å². The fourth-order valence-corrected chi connectivity index (χ4v) is 4.13. The van der Waals surface area contributed by atoms with Crippen LogP contribution in [-0.4, -0.2) is 40.2 Å². The van der Waals surface area contributed by atoms with E-state index in [0.717, 1.165) is 43.8 Å². The number of methoxy groups -OCH3 is 1. The van der Waals surface area contributed by atoms with Crippen molar-refractivity contribution in [2.24, 2.45) is 0 Å². The molecule has 1 saturated heterocycles. The number of ether oxygens (including phenoxy) is 1. The second kappa shape index (κ2) is 7.74. The Balaban J connectivity index is 1.94. The second-order valence-electron chi connectivity index (χ2n) is 5.99. The van der Waals surface area contributed by atoms with Gasteiger partial charge in [-0.2, -0.15) is 0 Å². The Labute approximate surface area is 169 Å². The molecule has 0 aliphatic carbocycles. The molecule has 0 atom stereocenters. The van der Waals surface area contributed by atoms with Gasteiger partial charge in [-0.15, -0.1) is 0 Å². The van der Waals surface area contributed by atoms with Gasteiger partial charge >= 0.3 is 5.97 Å². The summed E-state index contributed by atoms with van der Waals surface area (Å²) in [6.45, 7) is 3.56. The molecule has 6 nitrogen and oxygen atoms in total. The number of hydrogen-bond donors (Lipinski definition) is 0. The third kappa shape index (κ3) is 3.86. The van der Waals surface area contributed by atoms with E-state index in [2.05, 4.69) is 25.2 Å². The molecule has 3 rings (SSSR count). The third-order valence-corrected chi connectivity index (χ3v) is 5.61. The highest BCUT2D eigenvalue weighted by molar-refractivity contribution is 9.10. The number of hydrogen-bond acceptors (Lipinski definition) is 5. The number of imide groups is 1. The van der Waals surface area contributed by atoms with E-state index in [0.29, 0.717) is 4.91 Å². The summed E-state index contributed by atoms with van der Waals surface area (Å²) in [5.41, 5.74) is 3.80. The fraction of sp³-hybridized carbons (Fsp3) is 0.211. The van der Waals surface area contributed by atoms with Crippen LogP contribution in [0, 0.1) is 13.8 Å². The number of carbonyl (C=O) groups excluding carboxylic acids is 3. The molecule has 2 heterocycles. The zero-order chi connectivity index (χ0) is 19.7. The molecular formula is C19H17BrN2O4S. The number of aromatic nitrogens is 1. The Morgan fingerprint density at radius 3 is 2.67 bits per heavy atom. The Hall–Kier alpha value is -2.32. The number of nitrogens with zero attached hydrogens (tertiary/aromatic N) is 2. The first kappa shape index (κ1) is 19.4. The lowest BCUT2D eigenvalue weighted by Gasteiger charge is -2.10. The maximum atomic E-state index is 12.5. The molecule has 0 spiro atoms. The molecule has 1 fully saturated rings. The molecule has 1 aromatic carbocycles. The van der Waals surface area contributed by atoms with Gasteiger partial charge in [0.05, 0.1) is 12.0 Å². The maximum absolute atomic E-state index is 12.5. The number of rotatable bonds is 4. The van der Waals surface area contributed by atoms with Crippen LogP contribution in [0.1, 0.15) is 17.0 Å². The van der Waals surface area contributed by atoms with Crippen LogP contribution < -0.4 is 0 Å². The number of halogens is 1. The highest BCUT2D eigenvalue weighted by atomic mass is 79.9. The minimum absolute atomic E-state index is 0.290. The summed E-state index contributed by atoms with van der Waals surface area (Å²) in [7, 11) is 1.22. The van der Waals surface area contributed by atoms with E-state index < -0.39 is 17.1 Å². The van der Waals surface area contributed by atoms with E-state index in [-0.39, 0.29) is 6.54 Å². The maximum Gasteiger partial charge on any atom is 0.325 e. The summed E-state index contributed by atoms with van der Waals surface area (Å²) in [6, 6.07) is 9.88. The smallest absolute Gasteiger partial charge is 0.325 e. The monoisotopic (exact) mass is 448 g/mol. The van der Waals surface area contributed by atoms with Crippen molar-refractivity contribution in [1.82, 2.24) is 9.47 Å². The molecule has 0 N–H and O–H groups in total. The SMILES string of the molecule is COC(=O)CN1C(=O)S/C(=C\c2cc(C)n(-c3cccc(Br)c3)c2C)C1=O. The van der Waals surface area contributed by atoms with Crippen LogP contribution in [0.15, 0.2) is 39.7 Å².